The number of oxazole rings is 1. The van der Waals surface area contributed by atoms with Crippen LogP contribution in [-0.4, -0.2) is 13.4 Å². The van der Waals surface area contributed by atoms with Gasteiger partial charge in [0.15, 0.2) is 9.84 Å². The zero-order valence-corrected chi connectivity index (χ0v) is 12.0. The molecule has 0 spiro atoms. The molecule has 0 aliphatic carbocycles. The zero-order valence-electron chi connectivity index (χ0n) is 11.2. The average Bonchev–Trinajstić information content (AvgIpc) is 2.81. The molecule has 0 fully saturated rings. The first kappa shape index (κ1) is 16.0. The number of sulfone groups is 1. The van der Waals surface area contributed by atoms with Gasteiger partial charge in [-0.25, -0.2) is 13.4 Å². The van der Waals surface area contributed by atoms with Crippen LogP contribution >= 0.6 is 0 Å². The van der Waals surface area contributed by atoms with Crippen LogP contribution in [0.1, 0.15) is 22.8 Å². The number of rotatable bonds is 3. The van der Waals surface area contributed by atoms with E-state index in [2.05, 4.69) is 4.98 Å². The molecule has 0 atom stereocenters. The molecule has 0 N–H and O–H groups in total. The molecule has 1 heterocycles. The lowest BCUT2D eigenvalue weighted by Crippen LogP contribution is -2.11. The van der Waals surface area contributed by atoms with Crippen molar-refractivity contribution in [1.82, 2.24) is 4.98 Å². The summed E-state index contributed by atoms with van der Waals surface area (Å²) in [6.07, 6.45) is -3.51. The maximum absolute atomic E-state index is 12.9. The topological polar surface area (TPSA) is 84.0 Å². The predicted octanol–water partition coefficient (Wildman–Crippen LogP) is 2.85. The number of benzene rings is 1. The number of halogens is 3. The highest BCUT2D eigenvalue weighted by molar-refractivity contribution is 7.90. The molecule has 2 rings (SSSR count). The van der Waals surface area contributed by atoms with Crippen LogP contribution < -0.4 is 0 Å². The van der Waals surface area contributed by atoms with Gasteiger partial charge in [-0.05, 0) is 25.1 Å². The Hall–Kier alpha value is -2.34. The fourth-order valence-electron chi connectivity index (χ4n) is 1.76. The molecule has 1 aromatic heterocycles. The summed E-state index contributed by atoms with van der Waals surface area (Å²) < 4.78 is 67.9. The van der Waals surface area contributed by atoms with Crippen LogP contribution in [-0.2, 0) is 21.8 Å². The molecule has 0 saturated heterocycles. The minimum absolute atomic E-state index is 0.115. The Morgan fingerprint density at radius 3 is 2.55 bits per heavy atom. The molecule has 9 heteroatoms. The van der Waals surface area contributed by atoms with Gasteiger partial charge in [-0.1, -0.05) is 0 Å². The van der Waals surface area contributed by atoms with Crippen molar-refractivity contribution < 1.29 is 26.0 Å². The lowest BCUT2D eigenvalue weighted by atomic mass is 10.1. The number of alkyl halides is 3. The molecule has 5 nitrogen and oxygen atoms in total. The fourth-order valence-corrected chi connectivity index (χ4v) is 2.96. The Balaban J connectivity index is 2.46. The van der Waals surface area contributed by atoms with E-state index in [0.717, 1.165) is 12.1 Å². The van der Waals surface area contributed by atoms with Crippen molar-refractivity contribution in [1.29, 1.82) is 5.26 Å². The van der Waals surface area contributed by atoms with Crippen molar-refractivity contribution in [2.24, 2.45) is 0 Å². The summed E-state index contributed by atoms with van der Waals surface area (Å²) in [5.74, 6) is -0.388. The van der Waals surface area contributed by atoms with Crippen LogP contribution in [0, 0.1) is 18.3 Å². The van der Waals surface area contributed by atoms with E-state index in [1.807, 2.05) is 0 Å². The minimum Gasteiger partial charge on any atom is -0.445 e. The first-order chi connectivity index (χ1) is 10.1. The molecule has 0 aliphatic heterocycles. The molecule has 2 aromatic rings. The molecule has 0 bridgehead atoms. The Morgan fingerprint density at radius 2 is 2.05 bits per heavy atom. The van der Waals surface area contributed by atoms with E-state index in [9.17, 15) is 21.6 Å². The summed E-state index contributed by atoms with van der Waals surface area (Å²) in [5, 5.41) is 8.69. The lowest BCUT2D eigenvalue weighted by molar-refractivity contribution is -0.137. The van der Waals surface area contributed by atoms with Gasteiger partial charge in [0.25, 0.3) is 0 Å². The van der Waals surface area contributed by atoms with Crippen molar-refractivity contribution in [3.63, 3.8) is 0 Å². The van der Waals surface area contributed by atoms with Gasteiger partial charge < -0.3 is 4.42 Å². The van der Waals surface area contributed by atoms with Crippen molar-refractivity contribution in [2.75, 3.05) is 0 Å². The van der Waals surface area contributed by atoms with E-state index < -0.39 is 37.8 Å². The molecular weight excluding hydrogens is 321 g/mol. The van der Waals surface area contributed by atoms with Crippen LogP contribution in [0.4, 0.5) is 13.2 Å². The molecule has 0 aliphatic rings. The van der Waals surface area contributed by atoms with Gasteiger partial charge in [0.1, 0.15) is 11.5 Å². The fraction of sp³-hybridized carbons (Fsp3) is 0.231. The van der Waals surface area contributed by atoms with Crippen molar-refractivity contribution >= 4 is 9.84 Å². The molecule has 0 amide bonds. The second-order valence-electron chi connectivity index (χ2n) is 4.44. The summed E-state index contributed by atoms with van der Waals surface area (Å²) in [6.45, 7) is 1.56. The van der Waals surface area contributed by atoms with Gasteiger partial charge in [-0.2, -0.15) is 18.4 Å². The second-order valence-corrected chi connectivity index (χ2v) is 6.43. The van der Waals surface area contributed by atoms with Crippen LogP contribution in [0.5, 0.6) is 0 Å². The zero-order chi connectivity index (χ0) is 16.5. The molecular formula is C13H9F3N2O3S. The minimum atomic E-state index is -4.82. The van der Waals surface area contributed by atoms with E-state index in [1.165, 1.54) is 12.3 Å². The molecule has 1 aromatic carbocycles. The standard InChI is InChI=1S/C13H9F3N2O3S/c1-8-6-18-12(21-8)7-22(19,20)10-3-2-9(5-17)11(4-10)13(14,15)16/h2-4,6H,7H2,1H3. The van der Waals surface area contributed by atoms with E-state index in [0.29, 0.717) is 11.8 Å². The van der Waals surface area contributed by atoms with Crippen molar-refractivity contribution in [3.05, 3.63) is 47.2 Å². The number of nitriles is 1. The van der Waals surface area contributed by atoms with Crippen LogP contribution in [0.2, 0.25) is 0 Å². The first-order valence-electron chi connectivity index (χ1n) is 5.89. The normalized spacial score (nSPS) is 12.1. The number of hydrogen-bond acceptors (Lipinski definition) is 5. The van der Waals surface area contributed by atoms with Gasteiger partial charge in [-0.3, -0.25) is 0 Å². The summed E-state index contributed by atoms with van der Waals surface area (Å²) in [6, 6.07) is 3.62. The summed E-state index contributed by atoms with van der Waals surface area (Å²) >= 11 is 0. The average molecular weight is 330 g/mol. The van der Waals surface area contributed by atoms with Crippen molar-refractivity contribution in [3.8, 4) is 6.07 Å². The molecule has 0 radical (unpaired) electrons. The van der Waals surface area contributed by atoms with Crippen LogP contribution in [0.15, 0.2) is 33.7 Å². The molecule has 0 unspecified atom stereocenters. The third-order valence-corrected chi connectivity index (χ3v) is 4.36. The second kappa shape index (κ2) is 5.46. The third kappa shape index (κ3) is 3.28. The molecule has 22 heavy (non-hydrogen) atoms. The number of aromatic nitrogens is 1. The van der Waals surface area contributed by atoms with Gasteiger partial charge in [0.2, 0.25) is 5.89 Å². The van der Waals surface area contributed by atoms with Gasteiger partial charge in [0, 0.05) is 0 Å². The number of hydrogen-bond donors (Lipinski definition) is 0. The largest absolute Gasteiger partial charge is 0.445 e. The quantitative estimate of drug-likeness (QED) is 0.864. The number of nitrogens with zero attached hydrogens (tertiary/aromatic N) is 2. The SMILES string of the molecule is Cc1cnc(CS(=O)(=O)c2ccc(C#N)c(C(F)(F)F)c2)o1. The molecule has 0 saturated carbocycles. The van der Waals surface area contributed by atoms with E-state index >= 15 is 0 Å². The first-order valence-corrected chi connectivity index (χ1v) is 7.54. The predicted molar refractivity (Wildman–Crippen MR) is 68.3 cm³/mol. The van der Waals surface area contributed by atoms with Crippen LogP contribution in [0.25, 0.3) is 0 Å². The monoisotopic (exact) mass is 330 g/mol. The van der Waals surface area contributed by atoms with E-state index in [4.69, 9.17) is 9.68 Å². The Kier molecular flexibility index (Phi) is 3.98. The highest BCUT2D eigenvalue weighted by Gasteiger charge is 2.35. The maximum atomic E-state index is 12.9. The summed E-state index contributed by atoms with van der Waals surface area (Å²) in [5.41, 5.74) is -1.93. The Morgan fingerprint density at radius 1 is 1.36 bits per heavy atom. The lowest BCUT2D eigenvalue weighted by Gasteiger charge is -2.10. The van der Waals surface area contributed by atoms with Crippen molar-refractivity contribution in [2.45, 2.75) is 23.7 Å². The Labute approximate surface area is 123 Å². The third-order valence-electron chi connectivity index (χ3n) is 2.76. The van der Waals surface area contributed by atoms with Gasteiger partial charge in [-0.15, -0.1) is 0 Å². The summed E-state index contributed by atoms with van der Waals surface area (Å²) in [7, 11) is -4.07. The maximum Gasteiger partial charge on any atom is 0.417 e. The van der Waals surface area contributed by atoms with E-state index in [-0.39, 0.29) is 5.89 Å². The molecule has 116 valence electrons. The van der Waals surface area contributed by atoms with Gasteiger partial charge in [0.05, 0.1) is 28.3 Å². The van der Waals surface area contributed by atoms with Crippen LogP contribution in [0.3, 0.4) is 0 Å². The number of aryl methyl sites for hydroxylation is 1. The van der Waals surface area contributed by atoms with E-state index in [1.54, 1.807) is 6.92 Å². The summed E-state index contributed by atoms with van der Waals surface area (Å²) in [4.78, 5) is 3.16. The Bertz CT molecular complexity index is 848. The smallest absolute Gasteiger partial charge is 0.417 e. The van der Waals surface area contributed by atoms with Gasteiger partial charge >= 0.3 is 6.18 Å². The highest BCUT2D eigenvalue weighted by Crippen LogP contribution is 2.33. The highest BCUT2D eigenvalue weighted by atomic mass is 32.2.